The first-order valence-corrected chi connectivity index (χ1v) is 9.07. The minimum atomic E-state index is -0.702. The summed E-state index contributed by atoms with van der Waals surface area (Å²) in [5.41, 5.74) is 6.10. The lowest BCUT2D eigenvalue weighted by Gasteiger charge is -2.38. The summed E-state index contributed by atoms with van der Waals surface area (Å²) in [5, 5.41) is 0. The van der Waals surface area contributed by atoms with Gasteiger partial charge in [0.2, 0.25) is 5.91 Å². The van der Waals surface area contributed by atoms with Crippen molar-refractivity contribution in [3.8, 4) is 11.5 Å². The van der Waals surface area contributed by atoms with Crippen molar-refractivity contribution in [1.82, 2.24) is 9.80 Å². The van der Waals surface area contributed by atoms with Crippen molar-refractivity contribution >= 4 is 11.8 Å². The Bertz CT molecular complexity index is 655. The molecule has 1 aromatic carbocycles. The lowest BCUT2D eigenvalue weighted by atomic mass is 9.97. The minimum absolute atomic E-state index is 0.0325. The number of carbonyl (C=O) groups excluding carboxylic acids is 2. The van der Waals surface area contributed by atoms with E-state index in [0.29, 0.717) is 43.2 Å². The highest BCUT2D eigenvalue weighted by molar-refractivity contribution is 5.95. The van der Waals surface area contributed by atoms with Crippen LogP contribution in [-0.2, 0) is 4.79 Å². The Morgan fingerprint density at radius 1 is 0.923 bits per heavy atom. The largest absolute Gasteiger partial charge is 0.497 e. The van der Waals surface area contributed by atoms with E-state index in [4.69, 9.17) is 15.2 Å². The number of ether oxygens (including phenoxy) is 2. The molecular formula is C19H27N3O4. The SMILES string of the molecule is COc1cc(OC)cc(C(=O)N2CCN(C(=O)C3(N)CCCC3)CC2)c1. The van der Waals surface area contributed by atoms with Crippen LogP contribution in [0.15, 0.2) is 18.2 Å². The molecular weight excluding hydrogens is 334 g/mol. The van der Waals surface area contributed by atoms with Gasteiger partial charge in [-0.25, -0.2) is 0 Å². The van der Waals surface area contributed by atoms with Crippen LogP contribution in [-0.4, -0.2) is 67.6 Å². The van der Waals surface area contributed by atoms with E-state index in [-0.39, 0.29) is 11.8 Å². The molecule has 0 radical (unpaired) electrons. The molecule has 1 aromatic rings. The number of hydrogen-bond donors (Lipinski definition) is 1. The third-order valence-electron chi connectivity index (χ3n) is 5.37. The molecule has 7 nitrogen and oxygen atoms in total. The van der Waals surface area contributed by atoms with Crippen molar-refractivity contribution in [2.45, 2.75) is 31.2 Å². The number of rotatable bonds is 4. The number of nitrogens with zero attached hydrogens (tertiary/aromatic N) is 2. The molecule has 0 unspecified atom stereocenters. The van der Waals surface area contributed by atoms with E-state index in [9.17, 15) is 9.59 Å². The minimum Gasteiger partial charge on any atom is -0.497 e. The average molecular weight is 361 g/mol. The molecule has 1 saturated carbocycles. The molecule has 0 aromatic heterocycles. The van der Waals surface area contributed by atoms with Crippen LogP contribution in [0, 0.1) is 0 Å². The predicted molar refractivity (Wildman–Crippen MR) is 97.4 cm³/mol. The van der Waals surface area contributed by atoms with Gasteiger partial charge in [0, 0.05) is 37.8 Å². The van der Waals surface area contributed by atoms with Crippen LogP contribution in [0.2, 0.25) is 0 Å². The van der Waals surface area contributed by atoms with Crippen LogP contribution >= 0.6 is 0 Å². The lowest BCUT2D eigenvalue weighted by Crippen LogP contribution is -2.59. The summed E-state index contributed by atoms with van der Waals surface area (Å²) < 4.78 is 10.5. The summed E-state index contributed by atoms with van der Waals surface area (Å²) in [5.74, 6) is 1.10. The number of piperazine rings is 1. The Hall–Kier alpha value is -2.28. The van der Waals surface area contributed by atoms with Crippen molar-refractivity contribution < 1.29 is 19.1 Å². The van der Waals surface area contributed by atoms with Crippen LogP contribution in [0.25, 0.3) is 0 Å². The van der Waals surface area contributed by atoms with Gasteiger partial charge in [-0.1, -0.05) is 12.8 Å². The molecule has 0 spiro atoms. The van der Waals surface area contributed by atoms with Crippen LogP contribution in [0.3, 0.4) is 0 Å². The molecule has 2 amide bonds. The molecule has 26 heavy (non-hydrogen) atoms. The molecule has 1 heterocycles. The summed E-state index contributed by atoms with van der Waals surface area (Å²) in [7, 11) is 3.11. The zero-order valence-corrected chi connectivity index (χ0v) is 15.5. The van der Waals surface area contributed by atoms with Gasteiger partial charge in [-0.3, -0.25) is 9.59 Å². The fraction of sp³-hybridized carbons (Fsp3) is 0.579. The Morgan fingerprint density at radius 3 is 1.92 bits per heavy atom. The van der Waals surface area contributed by atoms with Gasteiger partial charge < -0.3 is 25.0 Å². The van der Waals surface area contributed by atoms with Crippen molar-refractivity contribution in [1.29, 1.82) is 0 Å². The summed E-state index contributed by atoms with van der Waals surface area (Å²) in [6.07, 6.45) is 3.54. The molecule has 1 aliphatic heterocycles. The van der Waals surface area contributed by atoms with Crippen molar-refractivity contribution in [2.24, 2.45) is 5.73 Å². The third-order valence-corrected chi connectivity index (χ3v) is 5.37. The molecule has 3 rings (SSSR count). The zero-order valence-electron chi connectivity index (χ0n) is 15.5. The van der Waals surface area contributed by atoms with Gasteiger partial charge in [0.15, 0.2) is 0 Å². The monoisotopic (exact) mass is 361 g/mol. The number of benzene rings is 1. The standard InChI is InChI=1S/C19H27N3O4/c1-25-15-11-14(12-16(13-15)26-2)17(23)21-7-9-22(10-8-21)18(24)19(20)5-3-4-6-19/h11-13H,3-10,20H2,1-2H3. The summed E-state index contributed by atoms with van der Waals surface area (Å²) in [4.78, 5) is 29.1. The number of carbonyl (C=O) groups is 2. The maximum Gasteiger partial charge on any atom is 0.254 e. The highest BCUT2D eigenvalue weighted by Gasteiger charge is 2.40. The van der Waals surface area contributed by atoms with E-state index in [1.165, 1.54) is 0 Å². The highest BCUT2D eigenvalue weighted by Crippen LogP contribution is 2.29. The Kier molecular flexibility index (Phi) is 5.36. The highest BCUT2D eigenvalue weighted by atomic mass is 16.5. The second-order valence-electron chi connectivity index (χ2n) is 7.05. The van der Waals surface area contributed by atoms with Crippen molar-refractivity contribution in [3.05, 3.63) is 23.8 Å². The first kappa shape index (κ1) is 18.5. The average Bonchev–Trinajstić information content (AvgIpc) is 3.14. The Labute approximate surface area is 154 Å². The molecule has 0 atom stereocenters. The van der Waals surface area contributed by atoms with E-state index < -0.39 is 5.54 Å². The van der Waals surface area contributed by atoms with E-state index in [0.717, 1.165) is 25.7 Å². The summed E-state index contributed by atoms with van der Waals surface area (Å²) >= 11 is 0. The molecule has 1 aliphatic carbocycles. The Balaban J connectivity index is 1.64. The number of methoxy groups -OCH3 is 2. The maximum absolute atomic E-state index is 12.8. The van der Waals surface area contributed by atoms with Gasteiger partial charge in [-0.15, -0.1) is 0 Å². The smallest absolute Gasteiger partial charge is 0.254 e. The second-order valence-corrected chi connectivity index (χ2v) is 7.05. The van der Waals surface area contributed by atoms with Crippen LogP contribution in [0.1, 0.15) is 36.0 Å². The topological polar surface area (TPSA) is 85.1 Å². The van der Waals surface area contributed by atoms with E-state index >= 15 is 0 Å². The quantitative estimate of drug-likeness (QED) is 0.873. The third kappa shape index (κ3) is 3.62. The van der Waals surface area contributed by atoms with Gasteiger partial charge >= 0.3 is 0 Å². The van der Waals surface area contributed by atoms with Gasteiger partial charge in [0.25, 0.3) is 5.91 Å². The molecule has 2 aliphatic rings. The normalized spacial score (nSPS) is 19.3. The summed E-state index contributed by atoms with van der Waals surface area (Å²) in [6, 6.07) is 5.14. The Morgan fingerprint density at radius 2 is 1.42 bits per heavy atom. The van der Waals surface area contributed by atoms with Crippen molar-refractivity contribution in [3.63, 3.8) is 0 Å². The summed E-state index contributed by atoms with van der Waals surface area (Å²) in [6.45, 7) is 2.04. The van der Waals surface area contributed by atoms with E-state index in [1.54, 1.807) is 42.2 Å². The van der Waals surface area contributed by atoms with Gasteiger partial charge in [0.1, 0.15) is 11.5 Å². The second kappa shape index (κ2) is 7.53. The molecule has 1 saturated heterocycles. The van der Waals surface area contributed by atoms with Crippen LogP contribution in [0.4, 0.5) is 0 Å². The van der Waals surface area contributed by atoms with Gasteiger partial charge in [-0.05, 0) is 25.0 Å². The number of nitrogens with two attached hydrogens (primary N) is 1. The first-order valence-electron chi connectivity index (χ1n) is 9.07. The van der Waals surface area contributed by atoms with Gasteiger partial charge in [0.05, 0.1) is 19.8 Å². The number of amides is 2. The van der Waals surface area contributed by atoms with Crippen molar-refractivity contribution in [2.75, 3.05) is 40.4 Å². The molecule has 0 bridgehead atoms. The molecule has 2 N–H and O–H groups in total. The van der Waals surface area contributed by atoms with Crippen LogP contribution < -0.4 is 15.2 Å². The fourth-order valence-corrected chi connectivity index (χ4v) is 3.76. The maximum atomic E-state index is 12.8. The molecule has 7 heteroatoms. The molecule has 142 valence electrons. The molecule has 2 fully saturated rings. The lowest BCUT2D eigenvalue weighted by molar-refractivity contribution is -0.138. The first-order chi connectivity index (χ1) is 12.5. The van der Waals surface area contributed by atoms with Gasteiger partial charge in [-0.2, -0.15) is 0 Å². The van der Waals surface area contributed by atoms with E-state index in [2.05, 4.69) is 0 Å². The fourth-order valence-electron chi connectivity index (χ4n) is 3.76. The predicted octanol–water partition coefficient (Wildman–Crippen LogP) is 1.26. The van der Waals surface area contributed by atoms with Crippen LogP contribution in [0.5, 0.6) is 11.5 Å². The van der Waals surface area contributed by atoms with E-state index in [1.807, 2.05) is 0 Å². The zero-order chi connectivity index (χ0) is 18.7. The number of hydrogen-bond acceptors (Lipinski definition) is 5.